The van der Waals surface area contributed by atoms with Crippen LogP contribution >= 0.6 is 0 Å². The maximum absolute atomic E-state index is 2.47. The highest BCUT2D eigenvalue weighted by atomic mass is 15.4. The maximum atomic E-state index is 2.47. The zero-order valence-electron chi connectivity index (χ0n) is 13.7. The van der Waals surface area contributed by atoms with Crippen molar-refractivity contribution in [3.63, 3.8) is 0 Å². The van der Waals surface area contributed by atoms with E-state index in [0.717, 1.165) is 6.54 Å². The van der Waals surface area contributed by atoms with Gasteiger partial charge in [-0.05, 0) is 18.4 Å². The minimum absolute atomic E-state index is 0.538. The van der Waals surface area contributed by atoms with Gasteiger partial charge in [-0.3, -0.25) is 0 Å². The third kappa shape index (κ3) is 5.11. The van der Waals surface area contributed by atoms with Crippen LogP contribution < -0.4 is 0 Å². The molecule has 1 aromatic carbocycles. The molecule has 0 bridgehead atoms. The van der Waals surface area contributed by atoms with Crippen LogP contribution in [-0.4, -0.2) is 23.0 Å². The SMILES string of the molecule is CCCCCCCCC1N(C)C=CN1Cc1ccccc1. The highest BCUT2D eigenvalue weighted by Gasteiger charge is 2.22. The average Bonchev–Trinajstić information content (AvgIpc) is 2.84. The molecule has 2 nitrogen and oxygen atoms in total. The topological polar surface area (TPSA) is 6.48 Å². The van der Waals surface area contributed by atoms with E-state index in [9.17, 15) is 0 Å². The molecule has 0 saturated heterocycles. The van der Waals surface area contributed by atoms with Crippen LogP contribution in [0, 0.1) is 0 Å². The van der Waals surface area contributed by atoms with Gasteiger partial charge in [0, 0.05) is 26.0 Å². The Balaban J connectivity index is 1.74. The third-order valence-corrected chi connectivity index (χ3v) is 4.37. The Kier molecular flexibility index (Phi) is 6.65. The maximum Gasteiger partial charge on any atom is 0.101 e. The molecule has 2 heteroatoms. The molecule has 1 aliphatic rings. The molecule has 21 heavy (non-hydrogen) atoms. The lowest BCUT2D eigenvalue weighted by Crippen LogP contribution is -2.36. The van der Waals surface area contributed by atoms with Gasteiger partial charge in [0.05, 0.1) is 0 Å². The number of benzene rings is 1. The van der Waals surface area contributed by atoms with E-state index in [-0.39, 0.29) is 0 Å². The normalized spacial score (nSPS) is 17.7. The van der Waals surface area contributed by atoms with E-state index in [1.54, 1.807) is 0 Å². The van der Waals surface area contributed by atoms with Crippen molar-refractivity contribution in [1.82, 2.24) is 9.80 Å². The largest absolute Gasteiger partial charge is 0.359 e. The van der Waals surface area contributed by atoms with Gasteiger partial charge in [-0.2, -0.15) is 0 Å². The Bertz CT molecular complexity index is 413. The molecule has 0 aliphatic carbocycles. The Morgan fingerprint density at radius 1 is 0.905 bits per heavy atom. The summed E-state index contributed by atoms with van der Waals surface area (Å²) in [7, 11) is 2.20. The molecule has 116 valence electrons. The molecule has 0 amide bonds. The van der Waals surface area contributed by atoms with E-state index in [1.807, 2.05) is 0 Å². The fourth-order valence-corrected chi connectivity index (χ4v) is 3.05. The van der Waals surface area contributed by atoms with Crippen molar-refractivity contribution in [3.8, 4) is 0 Å². The molecule has 1 unspecified atom stereocenters. The molecule has 1 aromatic rings. The van der Waals surface area contributed by atoms with E-state index < -0.39 is 0 Å². The lowest BCUT2D eigenvalue weighted by atomic mass is 10.1. The van der Waals surface area contributed by atoms with E-state index in [1.165, 1.54) is 50.5 Å². The number of nitrogens with zero attached hydrogens (tertiary/aromatic N) is 2. The van der Waals surface area contributed by atoms with Crippen LogP contribution in [0.1, 0.15) is 57.4 Å². The van der Waals surface area contributed by atoms with Gasteiger partial charge in [-0.15, -0.1) is 0 Å². The van der Waals surface area contributed by atoms with E-state index >= 15 is 0 Å². The van der Waals surface area contributed by atoms with E-state index in [4.69, 9.17) is 0 Å². The monoisotopic (exact) mass is 286 g/mol. The first kappa shape index (κ1) is 15.9. The summed E-state index contributed by atoms with van der Waals surface area (Å²) >= 11 is 0. The van der Waals surface area contributed by atoms with Crippen molar-refractivity contribution in [3.05, 3.63) is 48.3 Å². The zero-order valence-corrected chi connectivity index (χ0v) is 13.7. The first-order chi connectivity index (χ1) is 10.3. The van der Waals surface area contributed by atoms with Gasteiger partial charge in [0.25, 0.3) is 0 Å². The smallest absolute Gasteiger partial charge is 0.101 e. The minimum atomic E-state index is 0.538. The number of hydrogen-bond donors (Lipinski definition) is 0. The molecular formula is C19H30N2. The number of rotatable bonds is 9. The second kappa shape index (κ2) is 8.76. The minimum Gasteiger partial charge on any atom is -0.359 e. The predicted molar refractivity (Wildman–Crippen MR) is 90.7 cm³/mol. The molecule has 1 atom stereocenters. The highest BCUT2D eigenvalue weighted by Crippen LogP contribution is 2.22. The van der Waals surface area contributed by atoms with Crippen molar-refractivity contribution >= 4 is 0 Å². The Labute approximate surface area is 130 Å². The standard InChI is InChI=1S/C19H30N2/c1-3-4-5-6-7-11-14-19-20(2)15-16-21(19)17-18-12-9-8-10-13-18/h8-10,12-13,15-16,19H,3-7,11,14,17H2,1-2H3. The molecule has 0 radical (unpaired) electrons. The van der Waals surface area contributed by atoms with E-state index in [0.29, 0.717) is 6.17 Å². The summed E-state index contributed by atoms with van der Waals surface area (Å²) < 4.78 is 0. The van der Waals surface area contributed by atoms with Gasteiger partial charge in [-0.1, -0.05) is 69.4 Å². The molecular weight excluding hydrogens is 256 g/mol. The van der Waals surface area contributed by atoms with E-state index in [2.05, 4.69) is 66.5 Å². The van der Waals surface area contributed by atoms with Crippen LogP contribution in [0.5, 0.6) is 0 Å². The first-order valence-electron chi connectivity index (χ1n) is 8.51. The van der Waals surface area contributed by atoms with Crippen LogP contribution in [0.2, 0.25) is 0 Å². The second-order valence-corrected chi connectivity index (χ2v) is 6.16. The third-order valence-electron chi connectivity index (χ3n) is 4.37. The van der Waals surface area contributed by atoms with Crippen molar-refractivity contribution in [2.45, 2.75) is 64.6 Å². The summed E-state index contributed by atoms with van der Waals surface area (Å²) in [5.74, 6) is 0. The van der Waals surface area contributed by atoms with Crippen LogP contribution in [-0.2, 0) is 6.54 Å². The van der Waals surface area contributed by atoms with Crippen molar-refractivity contribution < 1.29 is 0 Å². The number of unbranched alkanes of at least 4 members (excludes halogenated alkanes) is 5. The Morgan fingerprint density at radius 3 is 2.38 bits per heavy atom. The summed E-state index contributed by atoms with van der Waals surface area (Å²) in [6.45, 7) is 3.29. The molecule has 0 aromatic heterocycles. The van der Waals surface area contributed by atoms with Crippen LogP contribution in [0.25, 0.3) is 0 Å². The lowest BCUT2D eigenvalue weighted by molar-refractivity contribution is 0.155. The van der Waals surface area contributed by atoms with Gasteiger partial charge in [0.1, 0.15) is 6.17 Å². The predicted octanol–water partition coefficient (Wildman–Crippen LogP) is 4.98. The summed E-state index contributed by atoms with van der Waals surface area (Å²) in [5, 5.41) is 0. The fourth-order valence-electron chi connectivity index (χ4n) is 3.05. The number of hydrogen-bond acceptors (Lipinski definition) is 2. The van der Waals surface area contributed by atoms with Gasteiger partial charge in [0.2, 0.25) is 0 Å². The van der Waals surface area contributed by atoms with Crippen LogP contribution in [0.4, 0.5) is 0 Å². The average molecular weight is 286 g/mol. The van der Waals surface area contributed by atoms with Crippen LogP contribution in [0.15, 0.2) is 42.7 Å². The molecule has 2 rings (SSSR count). The molecule has 0 fully saturated rings. The summed E-state index contributed by atoms with van der Waals surface area (Å²) in [6.07, 6.45) is 14.5. The van der Waals surface area contributed by atoms with Crippen molar-refractivity contribution in [2.75, 3.05) is 7.05 Å². The fraction of sp³-hybridized carbons (Fsp3) is 0.579. The lowest BCUT2D eigenvalue weighted by Gasteiger charge is -2.30. The van der Waals surface area contributed by atoms with Crippen LogP contribution in [0.3, 0.4) is 0 Å². The Hall–Kier alpha value is -1.44. The summed E-state index contributed by atoms with van der Waals surface area (Å²) in [5.41, 5.74) is 1.39. The Morgan fingerprint density at radius 2 is 1.62 bits per heavy atom. The highest BCUT2D eigenvalue weighted by molar-refractivity contribution is 5.15. The van der Waals surface area contributed by atoms with Crippen molar-refractivity contribution in [2.24, 2.45) is 0 Å². The van der Waals surface area contributed by atoms with Gasteiger partial charge in [-0.25, -0.2) is 0 Å². The quantitative estimate of drug-likeness (QED) is 0.591. The molecule has 0 spiro atoms. The second-order valence-electron chi connectivity index (χ2n) is 6.16. The van der Waals surface area contributed by atoms with Crippen molar-refractivity contribution in [1.29, 1.82) is 0 Å². The van der Waals surface area contributed by atoms with Gasteiger partial charge in [0.15, 0.2) is 0 Å². The first-order valence-corrected chi connectivity index (χ1v) is 8.51. The molecule has 1 heterocycles. The van der Waals surface area contributed by atoms with Gasteiger partial charge < -0.3 is 9.80 Å². The molecule has 0 N–H and O–H groups in total. The molecule has 1 aliphatic heterocycles. The molecule has 0 saturated carbocycles. The summed E-state index contributed by atoms with van der Waals surface area (Å²) in [4.78, 5) is 4.83. The van der Waals surface area contributed by atoms with Gasteiger partial charge >= 0.3 is 0 Å². The summed E-state index contributed by atoms with van der Waals surface area (Å²) in [6, 6.07) is 10.8. The zero-order chi connectivity index (χ0) is 14.9.